The maximum atomic E-state index is 11.7. The minimum Gasteiger partial charge on any atom is -0.468 e. The minimum atomic E-state index is -1.18. The molecule has 1 aliphatic rings. The van der Waals surface area contributed by atoms with Gasteiger partial charge >= 0.3 is 5.97 Å². The quantitative estimate of drug-likeness (QED) is 0.424. The smallest absolute Gasteiger partial charge is 0.325 e. The molecule has 0 amide bonds. The molecular formula is C14H27NO7. The summed E-state index contributed by atoms with van der Waals surface area (Å²) in [5.74, 6) is -0.966. The van der Waals surface area contributed by atoms with E-state index in [1.807, 2.05) is 13.8 Å². The van der Waals surface area contributed by atoms with Gasteiger partial charge < -0.3 is 34.8 Å². The zero-order valence-electron chi connectivity index (χ0n) is 13.4. The highest BCUT2D eigenvalue weighted by atomic mass is 16.7. The second kappa shape index (κ2) is 8.76. The first kappa shape index (κ1) is 19.3. The van der Waals surface area contributed by atoms with E-state index in [1.165, 1.54) is 7.11 Å². The summed E-state index contributed by atoms with van der Waals surface area (Å²) < 4.78 is 15.7. The number of hydrogen-bond acceptors (Lipinski definition) is 8. The Bertz CT molecular complexity index is 350. The predicted octanol–water partition coefficient (Wildman–Crippen LogP) is -1.38. The number of methoxy groups -OCH3 is 1. The number of aliphatic hydroxyl groups excluding tert-OH is 3. The van der Waals surface area contributed by atoms with Crippen LogP contribution in [0.5, 0.6) is 0 Å². The number of rotatable bonds is 7. The van der Waals surface area contributed by atoms with Crippen LogP contribution in [0.3, 0.4) is 0 Å². The van der Waals surface area contributed by atoms with Crippen LogP contribution in [0.15, 0.2) is 0 Å². The molecule has 0 spiro atoms. The first-order chi connectivity index (χ1) is 10.3. The fraction of sp³-hybridized carbons (Fsp3) is 0.929. The summed E-state index contributed by atoms with van der Waals surface area (Å²) in [5, 5.41) is 31.9. The van der Waals surface area contributed by atoms with Crippen molar-refractivity contribution < 1.29 is 34.3 Å². The van der Waals surface area contributed by atoms with Gasteiger partial charge in [0.2, 0.25) is 0 Å². The van der Waals surface area contributed by atoms with Crippen molar-refractivity contribution in [2.24, 2.45) is 5.92 Å². The van der Waals surface area contributed by atoms with Crippen molar-refractivity contribution >= 4 is 5.97 Å². The molecule has 0 aromatic carbocycles. The van der Waals surface area contributed by atoms with Crippen LogP contribution in [0.1, 0.15) is 20.8 Å². The van der Waals surface area contributed by atoms with E-state index in [2.05, 4.69) is 5.32 Å². The lowest BCUT2D eigenvalue weighted by Crippen LogP contribution is -2.56. The van der Waals surface area contributed by atoms with Gasteiger partial charge in [-0.2, -0.15) is 0 Å². The summed E-state index contributed by atoms with van der Waals surface area (Å²) in [6, 6.07) is -0.618. The Morgan fingerprint density at radius 3 is 2.45 bits per heavy atom. The van der Waals surface area contributed by atoms with Gasteiger partial charge in [-0.05, 0) is 0 Å². The molecule has 0 saturated carbocycles. The van der Waals surface area contributed by atoms with Crippen LogP contribution in [-0.2, 0) is 19.0 Å². The molecule has 8 nitrogen and oxygen atoms in total. The van der Waals surface area contributed by atoms with Crippen LogP contribution < -0.4 is 5.32 Å². The van der Waals surface area contributed by atoms with Crippen LogP contribution in [0.25, 0.3) is 0 Å². The van der Waals surface area contributed by atoms with Crippen molar-refractivity contribution in [1.29, 1.82) is 0 Å². The van der Waals surface area contributed by atoms with Crippen molar-refractivity contribution in [2.75, 3.05) is 20.3 Å². The largest absolute Gasteiger partial charge is 0.468 e. The third-order valence-electron chi connectivity index (χ3n) is 3.64. The van der Waals surface area contributed by atoms with E-state index in [-0.39, 0.29) is 12.6 Å². The molecule has 1 fully saturated rings. The number of carbonyl (C=O) groups excluding carboxylic acids is 1. The topological polar surface area (TPSA) is 117 Å². The van der Waals surface area contributed by atoms with Crippen LogP contribution in [0, 0.1) is 5.92 Å². The number of hydrogen-bond donors (Lipinski definition) is 4. The summed E-state index contributed by atoms with van der Waals surface area (Å²) in [4.78, 5) is 11.7. The average molecular weight is 321 g/mol. The Morgan fingerprint density at radius 2 is 1.95 bits per heavy atom. The Balaban J connectivity index is 2.65. The molecule has 6 unspecified atom stereocenters. The van der Waals surface area contributed by atoms with Crippen molar-refractivity contribution in [1.82, 2.24) is 5.32 Å². The van der Waals surface area contributed by atoms with Gasteiger partial charge in [-0.15, -0.1) is 0 Å². The third kappa shape index (κ3) is 4.87. The van der Waals surface area contributed by atoms with Gasteiger partial charge in [0.1, 0.15) is 18.2 Å². The lowest BCUT2D eigenvalue weighted by molar-refractivity contribution is -0.283. The Labute approximate surface area is 130 Å². The van der Waals surface area contributed by atoms with E-state index in [0.29, 0.717) is 0 Å². The summed E-state index contributed by atoms with van der Waals surface area (Å²) in [7, 11) is 1.29. The number of carbonyl (C=O) groups is 1. The molecule has 0 bridgehead atoms. The van der Waals surface area contributed by atoms with Crippen molar-refractivity contribution in [3.05, 3.63) is 0 Å². The molecule has 0 aromatic rings. The van der Waals surface area contributed by atoms with Crippen molar-refractivity contribution in [3.63, 3.8) is 0 Å². The van der Waals surface area contributed by atoms with E-state index in [9.17, 15) is 15.0 Å². The third-order valence-corrected chi connectivity index (χ3v) is 3.64. The first-order valence-corrected chi connectivity index (χ1v) is 7.39. The molecule has 0 aromatic heterocycles. The lowest BCUT2D eigenvalue weighted by atomic mass is 9.92. The maximum absolute atomic E-state index is 11.7. The zero-order valence-corrected chi connectivity index (χ0v) is 13.4. The van der Waals surface area contributed by atoms with Crippen LogP contribution >= 0.6 is 0 Å². The highest BCUT2D eigenvalue weighted by Gasteiger charge is 2.42. The number of ether oxygens (including phenoxy) is 3. The normalized spacial score (nSPS) is 33.7. The van der Waals surface area contributed by atoms with Crippen LogP contribution in [0.4, 0.5) is 0 Å². The van der Waals surface area contributed by atoms with Crippen LogP contribution in [0.2, 0.25) is 0 Å². The zero-order chi connectivity index (χ0) is 16.9. The SMILES string of the molecule is COC(=O)C(COC1OC(CO)C(O)C(O)C1C)NC(C)C. The molecule has 130 valence electrons. The fourth-order valence-corrected chi connectivity index (χ4v) is 2.33. The van der Waals surface area contributed by atoms with E-state index in [4.69, 9.17) is 19.3 Å². The van der Waals surface area contributed by atoms with E-state index >= 15 is 0 Å². The van der Waals surface area contributed by atoms with Crippen molar-refractivity contribution in [3.8, 4) is 0 Å². The summed E-state index contributed by atoms with van der Waals surface area (Å²) >= 11 is 0. The minimum absolute atomic E-state index is 0.0131. The molecule has 1 heterocycles. The van der Waals surface area contributed by atoms with Gasteiger partial charge in [-0.1, -0.05) is 20.8 Å². The van der Waals surface area contributed by atoms with Gasteiger partial charge in [-0.3, -0.25) is 4.79 Å². The van der Waals surface area contributed by atoms with Gasteiger partial charge in [0, 0.05) is 12.0 Å². The molecule has 1 aliphatic heterocycles. The van der Waals surface area contributed by atoms with E-state index in [0.717, 1.165) is 0 Å². The average Bonchev–Trinajstić information content (AvgIpc) is 2.49. The Kier molecular flexibility index (Phi) is 7.67. The predicted molar refractivity (Wildman–Crippen MR) is 77.0 cm³/mol. The highest BCUT2D eigenvalue weighted by molar-refractivity contribution is 5.75. The Hall–Kier alpha value is -0.770. The molecule has 1 saturated heterocycles. The van der Waals surface area contributed by atoms with E-state index < -0.39 is 49.1 Å². The van der Waals surface area contributed by atoms with Gasteiger partial charge in [0.15, 0.2) is 6.29 Å². The van der Waals surface area contributed by atoms with Gasteiger partial charge in [0.05, 0.1) is 26.4 Å². The number of nitrogens with one attached hydrogen (secondary N) is 1. The monoisotopic (exact) mass is 321 g/mol. The fourth-order valence-electron chi connectivity index (χ4n) is 2.33. The second-order valence-corrected chi connectivity index (χ2v) is 5.80. The number of esters is 1. The molecule has 6 atom stereocenters. The van der Waals surface area contributed by atoms with Gasteiger partial charge in [-0.25, -0.2) is 0 Å². The molecule has 22 heavy (non-hydrogen) atoms. The van der Waals surface area contributed by atoms with Crippen molar-refractivity contribution in [2.45, 2.75) is 57.5 Å². The first-order valence-electron chi connectivity index (χ1n) is 7.39. The molecule has 4 N–H and O–H groups in total. The molecule has 8 heteroatoms. The molecular weight excluding hydrogens is 294 g/mol. The Morgan fingerprint density at radius 1 is 1.32 bits per heavy atom. The summed E-state index contributed by atoms with van der Waals surface area (Å²) in [5.41, 5.74) is 0. The second-order valence-electron chi connectivity index (χ2n) is 5.80. The summed E-state index contributed by atoms with van der Waals surface area (Å²) in [6.45, 7) is 4.99. The maximum Gasteiger partial charge on any atom is 0.325 e. The summed E-state index contributed by atoms with van der Waals surface area (Å²) in [6.07, 6.45) is -4.02. The number of aliphatic hydroxyl groups is 3. The standard InChI is InChI=1S/C14H27NO7/c1-7(2)15-9(13(19)20-4)6-21-14-8(3)11(17)12(18)10(5-16)22-14/h7-12,14-18H,5-6H2,1-4H3. The lowest BCUT2D eigenvalue weighted by Gasteiger charge is -2.41. The van der Waals surface area contributed by atoms with E-state index in [1.54, 1.807) is 6.92 Å². The molecule has 0 radical (unpaired) electrons. The highest BCUT2D eigenvalue weighted by Crippen LogP contribution is 2.26. The molecule has 0 aliphatic carbocycles. The molecule has 1 rings (SSSR count). The van der Waals surface area contributed by atoms with Gasteiger partial charge in [0.25, 0.3) is 0 Å². The van der Waals surface area contributed by atoms with Crippen LogP contribution in [-0.4, -0.2) is 78.3 Å².